The van der Waals surface area contributed by atoms with Gasteiger partial charge in [0.15, 0.2) is 5.82 Å². The Kier molecular flexibility index (Phi) is 2.61. The second kappa shape index (κ2) is 3.84. The van der Waals surface area contributed by atoms with Crippen molar-refractivity contribution >= 4 is 0 Å². The van der Waals surface area contributed by atoms with E-state index >= 15 is 0 Å². The maximum absolute atomic E-state index is 11.5. The fourth-order valence-electron chi connectivity index (χ4n) is 1.51. The van der Waals surface area contributed by atoms with E-state index in [-0.39, 0.29) is 11.1 Å². The van der Waals surface area contributed by atoms with Crippen LogP contribution in [0, 0.1) is 6.92 Å². The van der Waals surface area contributed by atoms with Crippen LogP contribution >= 0.6 is 0 Å². The monoisotopic (exact) mass is 232 g/mol. The number of H-pyrrole nitrogens is 1. The molecule has 0 unspecified atom stereocenters. The van der Waals surface area contributed by atoms with Crippen molar-refractivity contribution in [3.63, 3.8) is 0 Å². The van der Waals surface area contributed by atoms with Gasteiger partial charge in [-0.3, -0.25) is 0 Å². The summed E-state index contributed by atoms with van der Waals surface area (Å²) in [5.74, 6) is 0.548. The number of aromatic amines is 1. The van der Waals surface area contributed by atoms with E-state index in [2.05, 4.69) is 15.1 Å². The number of aryl methyl sites for hydroxylation is 1. The van der Waals surface area contributed by atoms with Crippen LogP contribution in [0.5, 0.6) is 0 Å². The van der Waals surface area contributed by atoms with Gasteiger partial charge in [0.05, 0.1) is 5.69 Å². The number of rotatable bonds is 1. The van der Waals surface area contributed by atoms with Crippen LogP contribution in [0.15, 0.2) is 23.1 Å². The Morgan fingerprint density at radius 1 is 1.35 bits per heavy atom. The van der Waals surface area contributed by atoms with Crippen molar-refractivity contribution in [2.45, 2.75) is 33.1 Å². The van der Waals surface area contributed by atoms with Crippen LogP contribution in [0.4, 0.5) is 0 Å². The molecule has 0 amide bonds. The normalized spacial score (nSPS) is 11.8. The van der Waals surface area contributed by atoms with Crippen molar-refractivity contribution in [3.8, 4) is 5.82 Å². The molecule has 0 fully saturated rings. The summed E-state index contributed by atoms with van der Waals surface area (Å²) in [7, 11) is 0. The highest BCUT2D eigenvalue weighted by Gasteiger charge is 2.16. The van der Waals surface area contributed by atoms with Gasteiger partial charge >= 0.3 is 5.69 Å². The van der Waals surface area contributed by atoms with Crippen molar-refractivity contribution in [1.29, 1.82) is 0 Å². The standard InChI is InChI=1S/C12H16N4O/c1-8-5-6-16(15-8)10-7-9(12(2,3)4)13-11(17)14-10/h5-7H,1-4H3,(H,13,14,17). The lowest BCUT2D eigenvalue weighted by Gasteiger charge is -2.18. The highest BCUT2D eigenvalue weighted by molar-refractivity contribution is 5.26. The molecule has 1 N–H and O–H groups in total. The van der Waals surface area contributed by atoms with Gasteiger partial charge in [-0.25, -0.2) is 9.48 Å². The molecule has 90 valence electrons. The minimum Gasteiger partial charge on any atom is -0.309 e. The number of hydrogen-bond acceptors (Lipinski definition) is 3. The molecule has 0 saturated heterocycles. The molecule has 5 heteroatoms. The van der Waals surface area contributed by atoms with Gasteiger partial charge in [0.1, 0.15) is 0 Å². The molecule has 2 heterocycles. The van der Waals surface area contributed by atoms with Gasteiger partial charge in [-0.2, -0.15) is 10.1 Å². The fraction of sp³-hybridized carbons (Fsp3) is 0.417. The molecule has 0 bridgehead atoms. The Hall–Kier alpha value is -1.91. The van der Waals surface area contributed by atoms with E-state index in [0.29, 0.717) is 5.82 Å². The summed E-state index contributed by atoms with van der Waals surface area (Å²) in [5.41, 5.74) is 1.27. The Labute approximate surface area is 99.5 Å². The lowest BCUT2D eigenvalue weighted by atomic mass is 9.92. The van der Waals surface area contributed by atoms with E-state index in [1.165, 1.54) is 0 Å². The van der Waals surface area contributed by atoms with Crippen molar-refractivity contribution in [3.05, 3.63) is 40.2 Å². The lowest BCUT2D eigenvalue weighted by Crippen LogP contribution is -2.23. The third kappa shape index (κ3) is 2.43. The SMILES string of the molecule is Cc1ccn(-c2cc(C(C)(C)C)[nH]c(=O)n2)n1. The minimum atomic E-state index is -0.347. The molecule has 0 aliphatic carbocycles. The van der Waals surface area contributed by atoms with Gasteiger partial charge in [0.25, 0.3) is 0 Å². The van der Waals surface area contributed by atoms with Gasteiger partial charge in [-0.1, -0.05) is 20.8 Å². The largest absolute Gasteiger partial charge is 0.347 e. The van der Waals surface area contributed by atoms with Crippen LogP contribution in [0.3, 0.4) is 0 Å². The Morgan fingerprint density at radius 2 is 2.06 bits per heavy atom. The summed E-state index contributed by atoms with van der Waals surface area (Å²) in [6.07, 6.45) is 1.80. The van der Waals surface area contributed by atoms with Gasteiger partial charge in [0, 0.05) is 23.4 Å². The smallest absolute Gasteiger partial charge is 0.309 e. The van der Waals surface area contributed by atoms with E-state index in [1.807, 2.05) is 39.8 Å². The summed E-state index contributed by atoms with van der Waals surface area (Å²) in [5, 5.41) is 4.25. The highest BCUT2D eigenvalue weighted by atomic mass is 16.1. The molecule has 0 radical (unpaired) electrons. The molecule has 0 aliphatic rings. The zero-order chi connectivity index (χ0) is 12.6. The molecule has 2 aromatic rings. The summed E-state index contributed by atoms with van der Waals surface area (Å²) in [4.78, 5) is 18.2. The molecule has 0 spiro atoms. The predicted octanol–water partition coefficient (Wildman–Crippen LogP) is 1.56. The predicted molar refractivity (Wildman–Crippen MR) is 65.4 cm³/mol. The molecule has 0 saturated carbocycles. The number of nitrogens with zero attached hydrogens (tertiary/aromatic N) is 3. The van der Waals surface area contributed by atoms with Gasteiger partial charge in [-0.15, -0.1) is 0 Å². The van der Waals surface area contributed by atoms with E-state index in [0.717, 1.165) is 11.4 Å². The quantitative estimate of drug-likeness (QED) is 0.811. The highest BCUT2D eigenvalue weighted by Crippen LogP contribution is 2.19. The first kappa shape index (κ1) is 11.6. The van der Waals surface area contributed by atoms with Crippen LogP contribution < -0.4 is 5.69 Å². The molecule has 2 aromatic heterocycles. The van der Waals surface area contributed by atoms with Crippen LogP contribution in [-0.2, 0) is 5.41 Å². The average molecular weight is 232 g/mol. The fourth-order valence-corrected chi connectivity index (χ4v) is 1.51. The second-order valence-electron chi connectivity index (χ2n) is 5.11. The molecule has 17 heavy (non-hydrogen) atoms. The van der Waals surface area contributed by atoms with Crippen LogP contribution in [-0.4, -0.2) is 19.7 Å². The van der Waals surface area contributed by atoms with Crippen molar-refractivity contribution in [1.82, 2.24) is 19.7 Å². The third-order valence-corrected chi connectivity index (χ3v) is 2.50. The van der Waals surface area contributed by atoms with Crippen molar-refractivity contribution in [2.75, 3.05) is 0 Å². The van der Waals surface area contributed by atoms with Crippen molar-refractivity contribution in [2.24, 2.45) is 0 Å². The molecule has 0 aliphatic heterocycles. The Morgan fingerprint density at radius 3 is 2.59 bits per heavy atom. The molecule has 5 nitrogen and oxygen atoms in total. The summed E-state index contributed by atoms with van der Waals surface area (Å²) < 4.78 is 1.61. The topological polar surface area (TPSA) is 63.6 Å². The molecule has 0 atom stereocenters. The lowest BCUT2D eigenvalue weighted by molar-refractivity contribution is 0.561. The molecule has 0 aromatic carbocycles. The van der Waals surface area contributed by atoms with Crippen LogP contribution in [0.1, 0.15) is 32.2 Å². The van der Waals surface area contributed by atoms with Crippen molar-refractivity contribution < 1.29 is 0 Å². The zero-order valence-corrected chi connectivity index (χ0v) is 10.5. The first-order valence-electron chi connectivity index (χ1n) is 5.51. The first-order valence-corrected chi connectivity index (χ1v) is 5.51. The van der Waals surface area contributed by atoms with E-state index in [1.54, 1.807) is 10.9 Å². The molecule has 2 rings (SSSR count). The number of hydrogen-bond donors (Lipinski definition) is 1. The molecular formula is C12H16N4O. The summed E-state index contributed by atoms with van der Waals surface area (Å²) in [6.45, 7) is 8.01. The number of nitrogens with one attached hydrogen (secondary N) is 1. The van der Waals surface area contributed by atoms with Crippen LogP contribution in [0.25, 0.3) is 5.82 Å². The van der Waals surface area contributed by atoms with E-state index in [4.69, 9.17) is 0 Å². The summed E-state index contributed by atoms with van der Waals surface area (Å²) in [6, 6.07) is 3.73. The zero-order valence-electron chi connectivity index (χ0n) is 10.5. The van der Waals surface area contributed by atoms with Crippen LogP contribution in [0.2, 0.25) is 0 Å². The van der Waals surface area contributed by atoms with Gasteiger partial charge in [-0.05, 0) is 13.0 Å². The van der Waals surface area contributed by atoms with E-state index < -0.39 is 0 Å². The van der Waals surface area contributed by atoms with E-state index in [9.17, 15) is 4.79 Å². The number of aromatic nitrogens is 4. The maximum Gasteiger partial charge on any atom is 0.347 e. The Bertz CT molecular complexity index is 589. The second-order valence-corrected chi connectivity index (χ2v) is 5.11. The molecular weight excluding hydrogens is 216 g/mol. The first-order chi connectivity index (χ1) is 7.86. The summed E-state index contributed by atoms with van der Waals surface area (Å²) >= 11 is 0. The van der Waals surface area contributed by atoms with Gasteiger partial charge in [0.2, 0.25) is 0 Å². The Balaban J connectivity index is 2.57. The third-order valence-electron chi connectivity index (χ3n) is 2.50. The van der Waals surface area contributed by atoms with Gasteiger partial charge < -0.3 is 4.98 Å². The average Bonchev–Trinajstić information content (AvgIpc) is 2.62. The maximum atomic E-state index is 11.5. The minimum absolute atomic E-state index is 0.126.